The van der Waals surface area contributed by atoms with Crippen molar-refractivity contribution in [3.05, 3.63) is 28.5 Å². The summed E-state index contributed by atoms with van der Waals surface area (Å²) < 4.78 is 39.3. The number of unbranched alkanes of at least 4 members (excludes halogenated alkanes) is 1. The van der Waals surface area contributed by atoms with Crippen LogP contribution in [0.25, 0.3) is 0 Å². The molecule has 3 N–H and O–H groups in total. The molecule has 9 heteroatoms. The molecule has 0 atom stereocenters. The van der Waals surface area contributed by atoms with Crippen LogP contribution in [0.5, 0.6) is 0 Å². The van der Waals surface area contributed by atoms with Crippen LogP contribution in [0.2, 0.25) is 5.02 Å². The van der Waals surface area contributed by atoms with Gasteiger partial charge in [0, 0.05) is 13.2 Å². The number of hydrogen-bond donors (Lipinski definition) is 3. The van der Waals surface area contributed by atoms with E-state index in [1.807, 2.05) is 0 Å². The van der Waals surface area contributed by atoms with Crippen LogP contribution in [0.1, 0.15) is 23.2 Å². The molecule has 0 radical (unpaired) electrons. The van der Waals surface area contributed by atoms with Gasteiger partial charge in [0.2, 0.25) is 10.0 Å². The highest BCUT2D eigenvalue weighted by atomic mass is 35.5. The number of rotatable bonds is 7. The zero-order valence-electron chi connectivity index (χ0n) is 10.3. The van der Waals surface area contributed by atoms with Gasteiger partial charge < -0.3 is 10.2 Å². The topological polar surface area (TPSA) is 104 Å². The van der Waals surface area contributed by atoms with E-state index in [-0.39, 0.29) is 13.2 Å². The van der Waals surface area contributed by atoms with Crippen LogP contribution < -0.4 is 4.72 Å². The van der Waals surface area contributed by atoms with Crippen LogP contribution in [0, 0.1) is 5.82 Å². The summed E-state index contributed by atoms with van der Waals surface area (Å²) in [6.07, 6.45) is 0.815. The van der Waals surface area contributed by atoms with E-state index in [2.05, 4.69) is 4.72 Å². The van der Waals surface area contributed by atoms with Crippen LogP contribution in [0.15, 0.2) is 17.0 Å². The summed E-state index contributed by atoms with van der Waals surface area (Å²) in [6, 6.07) is 1.45. The van der Waals surface area contributed by atoms with Gasteiger partial charge in [-0.2, -0.15) is 0 Å². The summed E-state index contributed by atoms with van der Waals surface area (Å²) in [5.74, 6) is -2.64. The Morgan fingerprint density at radius 2 is 2.00 bits per heavy atom. The number of nitrogens with one attached hydrogen (secondary N) is 1. The lowest BCUT2D eigenvalue weighted by atomic mass is 10.2. The minimum atomic E-state index is -4.03. The lowest BCUT2D eigenvalue weighted by Crippen LogP contribution is -2.25. The summed E-state index contributed by atoms with van der Waals surface area (Å²) in [5.41, 5.74) is -0.623. The summed E-state index contributed by atoms with van der Waals surface area (Å²) in [5, 5.41) is 16.8. The van der Waals surface area contributed by atoms with Gasteiger partial charge in [-0.3, -0.25) is 0 Å². The molecule has 0 aliphatic rings. The van der Waals surface area contributed by atoms with E-state index in [0.29, 0.717) is 18.9 Å². The molecule has 0 amide bonds. The second-order valence-corrected chi connectivity index (χ2v) is 6.05. The number of aromatic carboxylic acids is 1. The SMILES string of the molecule is O=C(O)c1cc(S(=O)(=O)NCCCCO)cc(F)c1Cl. The molecule has 0 spiro atoms. The molecule has 0 saturated heterocycles. The average molecular weight is 326 g/mol. The van der Waals surface area contributed by atoms with E-state index < -0.39 is 37.3 Å². The van der Waals surface area contributed by atoms with Crippen molar-refractivity contribution in [3.8, 4) is 0 Å². The molecule has 1 rings (SSSR count). The third-order valence-electron chi connectivity index (χ3n) is 2.42. The second-order valence-electron chi connectivity index (χ2n) is 3.90. The van der Waals surface area contributed by atoms with Crippen molar-refractivity contribution in [2.45, 2.75) is 17.7 Å². The Balaban J connectivity index is 3.04. The Morgan fingerprint density at radius 1 is 1.35 bits per heavy atom. The van der Waals surface area contributed by atoms with Crippen molar-refractivity contribution in [2.75, 3.05) is 13.2 Å². The Morgan fingerprint density at radius 3 is 2.55 bits per heavy atom. The van der Waals surface area contributed by atoms with Gasteiger partial charge in [0.05, 0.1) is 15.5 Å². The third-order valence-corrected chi connectivity index (χ3v) is 4.24. The van der Waals surface area contributed by atoms with Crippen LogP contribution >= 0.6 is 11.6 Å². The Kier molecular flexibility index (Phi) is 5.88. The zero-order chi connectivity index (χ0) is 15.3. The monoisotopic (exact) mass is 325 g/mol. The van der Waals surface area contributed by atoms with Crippen molar-refractivity contribution in [1.82, 2.24) is 4.72 Å². The quantitative estimate of drug-likeness (QED) is 0.654. The highest BCUT2D eigenvalue weighted by Crippen LogP contribution is 2.24. The molecule has 0 bridgehead atoms. The first-order valence-corrected chi connectivity index (χ1v) is 7.48. The Labute approximate surface area is 120 Å². The summed E-state index contributed by atoms with van der Waals surface area (Å²) in [6.45, 7) is -0.0179. The maximum Gasteiger partial charge on any atom is 0.337 e. The number of aliphatic hydroxyl groups excluding tert-OH is 1. The van der Waals surface area contributed by atoms with Crippen LogP contribution in [-0.2, 0) is 10.0 Å². The van der Waals surface area contributed by atoms with Crippen LogP contribution in [0.3, 0.4) is 0 Å². The number of hydrogen-bond acceptors (Lipinski definition) is 4. The molecule has 0 saturated carbocycles. The summed E-state index contributed by atoms with van der Waals surface area (Å²) in [7, 11) is -4.03. The lowest BCUT2D eigenvalue weighted by Gasteiger charge is -2.08. The first-order valence-electron chi connectivity index (χ1n) is 5.62. The van der Waals surface area contributed by atoms with E-state index in [1.54, 1.807) is 0 Å². The van der Waals surface area contributed by atoms with Gasteiger partial charge >= 0.3 is 5.97 Å². The third kappa shape index (κ3) is 4.14. The fourth-order valence-electron chi connectivity index (χ4n) is 1.40. The van der Waals surface area contributed by atoms with Gasteiger partial charge in [0.1, 0.15) is 5.82 Å². The van der Waals surface area contributed by atoms with Gasteiger partial charge in [-0.05, 0) is 25.0 Å². The minimum absolute atomic E-state index is 0.0511. The van der Waals surface area contributed by atoms with E-state index >= 15 is 0 Å². The molecule has 20 heavy (non-hydrogen) atoms. The van der Waals surface area contributed by atoms with Gasteiger partial charge in [-0.25, -0.2) is 22.3 Å². The number of carboxylic acid groups (broad SMARTS) is 1. The molecule has 1 aromatic carbocycles. The number of sulfonamides is 1. The van der Waals surface area contributed by atoms with Crippen molar-refractivity contribution in [3.63, 3.8) is 0 Å². The van der Waals surface area contributed by atoms with E-state index in [4.69, 9.17) is 21.8 Å². The Hall–Kier alpha value is -1.22. The molecule has 0 fully saturated rings. The van der Waals surface area contributed by atoms with Gasteiger partial charge in [-0.1, -0.05) is 11.6 Å². The van der Waals surface area contributed by atoms with Crippen molar-refractivity contribution >= 4 is 27.6 Å². The molecular formula is C11H13ClFNO5S. The Bertz CT molecular complexity index is 605. The summed E-state index contributed by atoms with van der Waals surface area (Å²) in [4.78, 5) is 10.3. The van der Waals surface area contributed by atoms with E-state index in [9.17, 15) is 17.6 Å². The normalized spacial score (nSPS) is 11.6. The zero-order valence-corrected chi connectivity index (χ0v) is 11.8. The van der Waals surface area contributed by atoms with Gasteiger partial charge in [0.15, 0.2) is 0 Å². The number of benzene rings is 1. The highest BCUT2D eigenvalue weighted by molar-refractivity contribution is 7.89. The lowest BCUT2D eigenvalue weighted by molar-refractivity contribution is 0.0696. The first kappa shape index (κ1) is 16.8. The molecule has 0 aliphatic carbocycles. The second kappa shape index (κ2) is 6.98. The number of halogens is 2. The fourth-order valence-corrected chi connectivity index (χ4v) is 2.70. The molecule has 0 heterocycles. The standard InChI is InChI=1S/C11H13ClFNO5S/c12-10-8(11(16)17)5-7(6-9(10)13)20(18,19)14-3-1-2-4-15/h5-6,14-15H,1-4H2,(H,16,17). The number of carbonyl (C=O) groups is 1. The fraction of sp³-hybridized carbons (Fsp3) is 0.364. The molecule has 0 unspecified atom stereocenters. The predicted octanol–water partition coefficient (Wildman–Crippen LogP) is 1.23. The van der Waals surface area contributed by atoms with Crippen molar-refractivity contribution in [2.24, 2.45) is 0 Å². The van der Waals surface area contributed by atoms with Crippen molar-refractivity contribution < 1.29 is 27.8 Å². The van der Waals surface area contributed by atoms with Crippen LogP contribution in [0.4, 0.5) is 4.39 Å². The number of carboxylic acids is 1. The largest absolute Gasteiger partial charge is 0.478 e. The van der Waals surface area contributed by atoms with Crippen LogP contribution in [-0.4, -0.2) is 37.8 Å². The first-order chi connectivity index (χ1) is 9.29. The molecule has 112 valence electrons. The van der Waals surface area contributed by atoms with Crippen molar-refractivity contribution in [1.29, 1.82) is 0 Å². The molecule has 1 aromatic rings. The molecule has 0 aliphatic heterocycles. The summed E-state index contributed by atoms with van der Waals surface area (Å²) >= 11 is 5.46. The maximum atomic E-state index is 13.5. The highest BCUT2D eigenvalue weighted by Gasteiger charge is 2.21. The predicted molar refractivity (Wildman–Crippen MR) is 69.9 cm³/mol. The number of aliphatic hydroxyl groups is 1. The minimum Gasteiger partial charge on any atom is -0.478 e. The molecular weight excluding hydrogens is 313 g/mol. The average Bonchev–Trinajstić information content (AvgIpc) is 2.37. The maximum absolute atomic E-state index is 13.5. The molecule has 0 aromatic heterocycles. The van der Waals surface area contributed by atoms with E-state index in [0.717, 1.165) is 6.07 Å². The van der Waals surface area contributed by atoms with Gasteiger partial charge in [0.25, 0.3) is 0 Å². The van der Waals surface area contributed by atoms with Gasteiger partial charge in [-0.15, -0.1) is 0 Å². The van der Waals surface area contributed by atoms with E-state index in [1.165, 1.54) is 0 Å². The molecule has 6 nitrogen and oxygen atoms in total. The smallest absolute Gasteiger partial charge is 0.337 e.